The SMILES string of the molecule is O=C1CC(N2CCN(c3ccc(Cl)c(Cl)c3)CC2)C(=O)N1c1ccc(Br)cc1. The van der Waals surface area contributed by atoms with Gasteiger partial charge >= 0.3 is 0 Å². The first-order valence-electron chi connectivity index (χ1n) is 9.00. The fraction of sp³-hybridized carbons (Fsp3) is 0.300. The van der Waals surface area contributed by atoms with Crippen molar-refractivity contribution in [3.63, 3.8) is 0 Å². The van der Waals surface area contributed by atoms with Crippen molar-refractivity contribution in [3.8, 4) is 0 Å². The molecular formula is C20H18BrCl2N3O2. The van der Waals surface area contributed by atoms with Crippen LogP contribution in [0.15, 0.2) is 46.9 Å². The number of carbonyl (C=O) groups excluding carboxylic acids is 2. The Morgan fingerprint density at radius 3 is 2.14 bits per heavy atom. The molecule has 2 aromatic carbocycles. The summed E-state index contributed by atoms with van der Waals surface area (Å²) in [5.41, 5.74) is 1.63. The van der Waals surface area contributed by atoms with E-state index in [1.807, 2.05) is 24.3 Å². The summed E-state index contributed by atoms with van der Waals surface area (Å²) in [5, 5.41) is 1.07. The monoisotopic (exact) mass is 481 g/mol. The largest absolute Gasteiger partial charge is 0.369 e. The number of nitrogens with zero attached hydrogens (tertiary/aromatic N) is 3. The second-order valence-corrected chi connectivity index (χ2v) is 8.62. The van der Waals surface area contributed by atoms with E-state index in [4.69, 9.17) is 23.2 Å². The number of amides is 2. The predicted molar refractivity (Wildman–Crippen MR) is 115 cm³/mol. The predicted octanol–water partition coefficient (Wildman–Crippen LogP) is 4.21. The third kappa shape index (κ3) is 3.79. The van der Waals surface area contributed by atoms with Crippen molar-refractivity contribution in [1.29, 1.82) is 0 Å². The maximum Gasteiger partial charge on any atom is 0.251 e. The summed E-state index contributed by atoms with van der Waals surface area (Å²) in [5.74, 6) is -0.292. The number of piperazine rings is 1. The van der Waals surface area contributed by atoms with Gasteiger partial charge in [0.2, 0.25) is 5.91 Å². The zero-order valence-corrected chi connectivity index (χ0v) is 18.0. The highest BCUT2D eigenvalue weighted by Crippen LogP contribution is 2.30. The molecule has 146 valence electrons. The molecule has 5 nitrogen and oxygen atoms in total. The maximum atomic E-state index is 12.9. The molecule has 0 aliphatic carbocycles. The molecule has 2 aliphatic rings. The van der Waals surface area contributed by atoms with Gasteiger partial charge in [-0.15, -0.1) is 0 Å². The maximum absolute atomic E-state index is 12.9. The lowest BCUT2D eigenvalue weighted by Gasteiger charge is -2.38. The Hall–Kier alpha value is -1.60. The molecular weight excluding hydrogens is 465 g/mol. The minimum absolute atomic E-state index is 0.143. The average Bonchev–Trinajstić information content (AvgIpc) is 2.99. The Balaban J connectivity index is 1.43. The van der Waals surface area contributed by atoms with Gasteiger partial charge in [0.25, 0.3) is 5.91 Å². The molecule has 2 aromatic rings. The third-order valence-corrected chi connectivity index (χ3v) is 6.50. The highest BCUT2D eigenvalue weighted by Gasteiger charge is 2.43. The number of hydrogen-bond donors (Lipinski definition) is 0. The Kier molecular flexibility index (Phi) is 5.65. The van der Waals surface area contributed by atoms with Crippen LogP contribution in [0.2, 0.25) is 10.0 Å². The van der Waals surface area contributed by atoms with Crippen molar-refractivity contribution in [2.24, 2.45) is 0 Å². The molecule has 0 saturated carbocycles. The summed E-state index contributed by atoms with van der Waals surface area (Å²) < 4.78 is 0.908. The molecule has 0 radical (unpaired) electrons. The number of hydrogen-bond acceptors (Lipinski definition) is 4. The third-order valence-electron chi connectivity index (χ3n) is 5.23. The van der Waals surface area contributed by atoms with E-state index in [0.717, 1.165) is 23.2 Å². The second-order valence-electron chi connectivity index (χ2n) is 6.89. The smallest absolute Gasteiger partial charge is 0.251 e. The molecule has 8 heteroatoms. The van der Waals surface area contributed by atoms with E-state index in [2.05, 4.69) is 25.7 Å². The normalized spacial score (nSPS) is 20.9. The Labute approximate surface area is 181 Å². The Morgan fingerprint density at radius 1 is 0.857 bits per heavy atom. The van der Waals surface area contributed by atoms with Gasteiger partial charge in [0.1, 0.15) is 0 Å². The zero-order chi connectivity index (χ0) is 19.8. The lowest BCUT2D eigenvalue weighted by atomic mass is 10.1. The molecule has 0 bridgehead atoms. The topological polar surface area (TPSA) is 43.9 Å². The van der Waals surface area contributed by atoms with Crippen LogP contribution < -0.4 is 9.80 Å². The Morgan fingerprint density at radius 2 is 1.50 bits per heavy atom. The molecule has 2 aliphatic heterocycles. The summed E-state index contributed by atoms with van der Waals surface area (Å²) >= 11 is 15.5. The fourth-order valence-electron chi connectivity index (χ4n) is 3.74. The highest BCUT2D eigenvalue weighted by molar-refractivity contribution is 9.10. The van der Waals surface area contributed by atoms with Crippen LogP contribution in [0.3, 0.4) is 0 Å². The van der Waals surface area contributed by atoms with E-state index in [1.165, 1.54) is 4.90 Å². The van der Waals surface area contributed by atoms with E-state index in [9.17, 15) is 9.59 Å². The van der Waals surface area contributed by atoms with Gasteiger partial charge in [-0.2, -0.15) is 0 Å². The van der Waals surface area contributed by atoms with Crippen molar-refractivity contribution in [2.75, 3.05) is 36.0 Å². The molecule has 1 unspecified atom stereocenters. The van der Waals surface area contributed by atoms with Crippen LogP contribution in [0, 0.1) is 0 Å². The number of anilines is 2. The molecule has 2 fully saturated rings. The number of imide groups is 1. The van der Waals surface area contributed by atoms with Gasteiger partial charge in [0, 0.05) is 36.3 Å². The van der Waals surface area contributed by atoms with Gasteiger partial charge in [-0.05, 0) is 42.5 Å². The van der Waals surface area contributed by atoms with Crippen molar-refractivity contribution in [3.05, 3.63) is 57.0 Å². The van der Waals surface area contributed by atoms with Gasteiger partial charge in [-0.3, -0.25) is 14.5 Å². The van der Waals surface area contributed by atoms with Crippen molar-refractivity contribution in [2.45, 2.75) is 12.5 Å². The minimum Gasteiger partial charge on any atom is -0.369 e. The molecule has 2 saturated heterocycles. The first-order valence-corrected chi connectivity index (χ1v) is 10.6. The average molecular weight is 483 g/mol. The van der Waals surface area contributed by atoms with Crippen LogP contribution in [0.4, 0.5) is 11.4 Å². The summed E-state index contributed by atoms with van der Waals surface area (Å²) in [6.45, 7) is 2.93. The van der Waals surface area contributed by atoms with E-state index >= 15 is 0 Å². The minimum atomic E-state index is -0.396. The van der Waals surface area contributed by atoms with Crippen molar-refractivity contribution in [1.82, 2.24) is 4.90 Å². The first-order chi connectivity index (χ1) is 13.4. The van der Waals surface area contributed by atoms with Crippen LogP contribution in [0.25, 0.3) is 0 Å². The fourth-order valence-corrected chi connectivity index (χ4v) is 4.29. The van der Waals surface area contributed by atoms with Gasteiger partial charge in [0.05, 0.1) is 28.2 Å². The molecule has 0 aromatic heterocycles. The first kappa shape index (κ1) is 19.7. The Bertz CT molecular complexity index is 914. The van der Waals surface area contributed by atoms with E-state index in [0.29, 0.717) is 28.8 Å². The molecule has 28 heavy (non-hydrogen) atoms. The quantitative estimate of drug-likeness (QED) is 0.614. The summed E-state index contributed by atoms with van der Waals surface area (Å²) in [6.07, 6.45) is 0.224. The van der Waals surface area contributed by atoms with Crippen molar-refractivity contribution >= 4 is 62.3 Å². The molecule has 1 atom stereocenters. The van der Waals surface area contributed by atoms with E-state index < -0.39 is 6.04 Å². The van der Waals surface area contributed by atoms with Crippen molar-refractivity contribution < 1.29 is 9.59 Å². The van der Waals surface area contributed by atoms with Gasteiger partial charge in [0.15, 0.2) is 0 Å². The zero-order valence-electron chi connectivity index (χ0n) is 14.9. The summed E-state index contributed by atoms with van der Waals surface area (Å²) in [6, 6.07) is 12.4. The highest BCUT2D eigenvalue weighted by atomic mass is 79.9. The van der Waals surface area contributed by atoms with Gasteiger partial charge < -0.3 is 4.90 Å². The molecule has 2 heterocycles. The van der Waals surface area contributed by atoms with Gasteiger partial charge in [-0.1, -0.05) is 39.1 Å². The molecule has 2 amide bonds. The number of carbonyl (C=O) groups is 2. The van der Waals surface area contributed by atoms with Crippen LogP contribution in [0.5, 0.6) is 0 Å². The van der Waals surface area contributed by atoms with Crippen LogP contribution >= 0.6 is 39.1 Å². The van der Waals surface area contributed by atoms with Crippen LogP contribution in [-0.4, -0.2) is 48.9 Å². The summed E-state index contributed by atoms with van der Waals surface area (Å²) in [7, 11) is 0. The lowest BCUT2D eigenvalue weighted by molar-refractivity contribution is -0.123. The molecule has 4 rings (SSSR count). The molecule has 0 N–H and O–H groups in total. The standard InChI is InChI=1S/C20H18BrCl2N3O2/c21-13-1-3-14(4-2-13)26-19(27)12-18(20(26)28)25-9-7-24(8-10-25)15-5-6-16(22)17(23)11-15/h1-6,11,18H,7-10,12H2. The van der Waals surface area contributed by atoms with Crippen LogP contribution in [0.1, 0.15) is 6.42 Å². The van der Waals surface area contributed by atoms with E-state index in [1.54, 1.807) is 18.2 Å². The second kappa shape index (κ2) is 8.03. The lowest BCUT2D eigenvalue weighted by Crippen LogP contribution is -2.52. The summed E-state index contributed by atoms with van der Waals surface area (Å²) in [4.78, 5) is 31.1. The van der Waals surface area contributed by atoms with Gasteiger partial charge in [-0.25, -0.2) is 4.90 Å². The molecule has 0 spiro atoms. The number of benzene rings is 2. The van der Waals surface area contributed by atoms with Crippen LogP contribution in [-0.2, 0) is 9.59 Å². The van der Waals surface area contributed by atoms with E-state index in [-0.39, 0.29) is 18.2 Å². The number of rotatable bonds is 3. The number of halogens is 3.